The van der Waals surface area contributed by atoms with Crippen LogP contribution in [0.5, 0.6) is 0 Å². The molecule has 0 saturated heterocycles. The number of hydrogen-bond acceptors (Lipinski definition) is 2. The summed E-state index contributed by atoms with van der Waals surface area (Å²) >= 11 is 0. The molecular formula is C14H11N3O. The summed E-state index contributed by atoms with van der Waals surface area (Å²) in [5.74, 6) is -0.116. The fraction of sp³-hybridized carbons (Fsp3) is 0. The molecule has 0 fully saturated rings. The Morgan fingerprint density at radius 2 is 1.94 bits per heavy atom. The fourth-order valence-corrected chi connectivity index (χ4v) is 1.81. The predicted octanol–water partition coefficient (Wildman–Crippen LogP) is 2.82. The molecule has 4 nitrogen and oxygen atoms in total. The predicted molar refractivity (Wildman–Crippen MR) is 70.5 cm³/mol. The standard InChI is InChI=1S/C14H11N3O/c18-14(10-4-2-1-3-5-10)17-11-6-7-12-13(8-11)16-9-15-12/h1-9H,(H,15,16)(H,17,18). The van der Waals surface area contributed by atoms with E-state index in [4.69, 9.17) is 0 Å². The van der Waals surface area contributed by atoms with Crippen LogP contribution in [0, 0.1) is 0 Å². The summed E-state index contributed by atoms with van der Waals surface area (Å²) in [6, 6.07) is 14.7. The number of aromatic amines is 1. The van der Waals surface area contributed by atoms with Crippen LogP contribution in [-0.4, -0.2) is 15.9 Å². The van der Waals surface area contributed by atoms with Gasteiger partial charge in [0.1, 0.15) is 0 Å². The number of imidazole rings is 1. The van der Waals surface area contributed by atoms with Crippen molar-refractivity contribution in [1.29, 1.82) is 0 Å². The van der Waals surface area contributed by atoms with E-state index in [1.807, 2.05) is 36.4 Å². The van der Waals surface area contributed by atoms with Gasteiger partial charge in [-0.3, -0.25) is 4.79 Å². The first-order valence-electron chi connectivity index (χ1n) is 5.62. The lowest BCUT2D eigenvalue weighted by molar-refractivity contribution is 0.102. The molecule has 4 heteroatoms. The van der Waals surface area contributed by atoms with Gasteiger partial charge in [0, 0.05) is 11.3 Å². The molecule has 1 amide bonds. The lowest BCUT2D eigenvalue weighted by atomic mass is 10.2. The number of fused-ring (bicyclic) bond motifs is 1. The minimum atomic E-state index is -0.116. The molecule has 0 unspecified atom stereocenters. The number of rotatable bonds is 2. The number of carbonyl (C=O) groups excluding carboxylic acids is 1. The van der Waals surface area contributed by atoms with E-state index in [-0.39, 0.29) is 5.91 Å². The first-order valence-corrected chi connectivity index (χ1v) is 5.62. The Morgan fingerprint density at radius 3 is 2.78 bits per heavy atom. The maximum atomic E-state index is 12.0. The zero-order chi connectivity index (χ0) is 12.4. The molecule has 0 saturated carbocycles. The van der Waals surface area contributed by atoms with Gasteiger partial charge in [-0.1, -0.05) is 18.2 Å². The zero-order valence-electron chi connectivity index (χ0n) is 9.55. The lowest BCUT2D eigenvalue weighted by Crippen LogP contribution is -2.11. The number of amides is 1. The van der Waals surface area contributed by atoms with Crippen molar-refractivity contribution >= 4 is 22.6 Å². The molecule has 0 radical (unpaired) electrons. The molecule has 0 aliphatic rings. The van der Waals surface area contributed by atoms with Gasteiger partial charge in [0.05, 0.1) is 17.4 Å². The third-order valence-corrected chi connectivity index (χ3v) is 2.71. The van der Waals surface area contributed by atoms with E-state index in [1.165, 1.54) is 0 Å². The number of carbonyl (C=O) groups is 1. The van der Waals surface area contributed by atoms with Gasteiger partial charge in [0.15, 0.2) is 0 Å². The van der Waals surface area contributed by atoms with Gasteiger partial charge in [0.2, 0.25) is 0 Å². The quantitative estimate of drug-likeness (QED) is 0.720. The van der Waals surface area contributed by atoms with Crippen molar-refractivity contribution in [2.24, 2.45) is 0 Å². The van der Waals surface area contributed by atoms with Crippen molar-refractivity contribution in [3.8, 4) is 0 Å². The molecule has 2 aromatic carbocycles. The normalized spacial score (nSPS) is 10.4. The monoisotopic (exact) mass is 237 g/mol. The van der Waals surface area contributed by atoms with Gasteiger partial charge in [-0.25, -0.2) is 4.98 Å². The molecular weight excluding hydrogens is 226 g/mol. The van der Waals surface area contributed by atoms with Gasteiger partial charge in [-0.2, -0.15) is 0 Å². The van der Waals surface area contributed by atoms with Crippen LogP contribution in [0.2, 0.25) is 0 Å². The van der Waals surface area contributed by atoms with Crippen LogP contribution < -0.4 is 5.32 Å². The largest absolute Gasteiger partial charge is 0.345 e. The van der Waals surface area contributed by atoms with Crippen molar-refractivity contribution in [3.05, 3.63) is 60.4 Å². The Kier molecular flexibility index (Phi) is 2.53. The molecule has 3 rings (SSSR count). The summed E-state index contributed by atoms with van der Waals surface area (Å²) in [5, 5.41) is 2.85. The number of nitrogens with one attached hydrogen (secondary N) is 2. The smallest absolute Gasteiger partial charge is 0.255 e. The Bertz CT molecular complexity index is 688. The average molecular weight is 237 g/mol. The summed E-state index contributed by atoms with van der Waals surface area (Å²) in [6.07, 6.45) is 1.63. The average Bonchev–Trinajstić information content (AvgIpc) is 2.87. The van der Waals surface area contributed by atoms with Gasteiger partial charge in [-0.05, 0) is 30.3 Å². The van der Waals surface area contributed by atoms with Gasteiger partial charge in [0.25, 0.3) is 5.91 Å². The van der Waals surface area contributed by atoms with Gasteiger partial charge >= 0.3 is 0 Å². The van der Waals surface area contributed by atoms with Crippen LogP contribution >= 0.6 is 0 Å². The topological polar surface area (TPSA) is 57.8 Å². The molecule has 0 atom stereocenters. The van der Waals surface area contributed by atoms with Gasteiger partial charge < -0.3 is 10.3 Å². The number of nitrogens with zero attached hydrogens (tertiary/aromatic N) is 1. The molecule has 88 valence electrons. The van der Waals surface area contributed by atoms with Crippen LogP contribution in [0.1, 0.15) is 10.4 Å². The molecule has 3 aromatic rings. The van der Waals surface area contributed by atoms with Crippen molar-refractivity contribution in [2.45, 2.75) is 0 Å². The summed E-state index contributed by atoms with van der Waals surface area (Å²) in [6.45, 7) is 0. The second-order valence-electron chi connectivity index (χ2n) is 3.95. The molecule has 18 heavy (non-hydrogen) atoms. The molecule has 0 aliphatic carbocycles. The van der Waals surface area contributed by atoms with Crippen LogP contribution in [0.3, 0.4) is 0 Å². The van der Waals surface area contributed by atoms with E-state index in [2.05, 4.69) is 15.3 Å². The van der Waals surface area contributed by atoms with Crippen LogP contribution in [0.25, 0.3) is 11.0 Å². The van der Waals surface area contributed by atoms with Crippen molar-refractivity contribution < 1.29 is 4.79 Å². The SMILES string of the molecule is O=C(Nc1ccc2nc[nH]c2c1)c1ccccc1. The second kappa shape index (κ2) is 4.33. The van der Waals surface area contributed by atoms with Crippen molar-refractivity contribution in [3.63, 3.8) is 0 Å². The highest BCUT2D eigenvalue weighted by molar-refractivity contribution is 6.04. The highest BCUT2D eigenvalue weighted by Gasteiger charge is 2.05. The summed E-state index contributed by atoms with van der Waals surface area (Å²) in [5.41, 5.74) is 3.18. The first kappa shape index (κ1) is 10.5. The number of anilines is 1. The minimum Gasteiger partial charge on any atom is -0.345 e. The fourth-order valence-electron chi connectivity index (χ4n) is 1.81. The maximum absolute atomic E-state index is 12.0. The highest BCUT2D eigenvalue weighted by Crippen LogP contribution is 2.16. The number of aromatic nitrogens is 2. The van der Waals surface area contributed by atoms with Crippen LogP contribution in [0.15, 0.2) is 54.9 Å². The maximum Gasteiger partial charge on any atom is 0.255 e. The van der Waals surface area contributed by atoms with Gasteiger partial charge in [-0.15, -0.1) is 0 Å². The van der Waals surface area contributed by atoms with Crippen molar-refractivity contribution in [1.82, 2.24) is 9.97 Å². The zero-order valence-corrected chi connectivity index (χ0v) is 9.55. The molecule has 0 spiro atoms. The summed E-state index contributed by atoms with van der Waals surface area (Å²) < 4.78 is 0. The third-order valence-electron chi connectivity index (χ3n) is 2.71. The Balaban J connectivity index is 1.86. The van der Waals surface area contributed by atoms with Crippen LogP contribution in [-0.2, 0) is 0 Å². The number of H-pyrrole nitrogens is 1. The molecule has 1 heterocycles. The second-order valence-corrected chi connectivity index (χ2v) is 3.95. The minimum absolute atomic E-state index is 0.116. The van der Waals surface area contributed by atoms with E-state index >= 15 is 0 Å². The first-order chi connectivity index (χ1) is 8.83. The Morgan fingerprint density at radius 1 is 1.11 bits per heavy atom. The Hall–Kier alpha value is -2.62. The summed E-state index contributed by atoms with van der Waals surface area (Å²) in [7, 11) is 0. The van der Waals surface area contributed by atoms with E-state index in [0.29, 0.717) is 5.56 Å². The van der Waals surface area contributed by atoms with E-state index in [0.717, 1.165) is 16.7 Å². The Labute approximate surface area is 104 Å². The molecule has 0 aliphatic heterocycles. The van der Waals surface area contributed by atoms with E-state index < -0.39 is 0 Å². The summed E-state index contributed by atoms with van der Waals surface area (Å²) in [4.78, 5) is 19.1. The number of benzene rings is 2. The molecule has 2 N–H and O–H groups in total. The molecule has 1 aromatic heterocycles. The van der Waals surface area contributed by atoms with E-state index in [1.54, 1.807) is 18.5 Å². The van der Waals surface area contributed by atoms with E-state index in [9.17, 15) is 4.79 Å². The lowest BCUT2D eigenvalue weighted by Gasteiger charge is -2.04. The van der Waals surface area contributed by atoms with Crippen molar-refractivity contribution in [2.75, 3.05) is 5.32 Å². The number of hydrogen-bond donors (Lipinski definition) is 2. The highest BCUT2D eigenvalue weighted by atomic mass is 16.1. The van der Waals surface area contributed by atoms with Crippen LogP contribution in [0.4, 0.5) is 5.69 Å². The molecule has 0 bridgehead atoms. The third kappa shape index (κ3) is 1.96.